The lowest BCUT2D eigenvalue weighted by molar-refractivity contribution is 0.0950. The highest BCUT2D eigenvalue weighted by molar-refractivity contribution is 9.12. The van der Waals surface area contributed by atoms with Crippen molar-refractivity contribution in [2.24, 2.45) is 5.10 Å². The SMILES string of the molecule is CC(C)c1cc(C(=O)NN=CC(Br)=Cc2ccccc2)n[nH]1. The Morgan fingerprint density at radius 3 is 2.73 bits per heavy atom. The molecule has 2 N–H and O–H groups in total. The first-order valence-corrected chi connectivity index (χ1v) is 7.66. The largest absolute Gasteiger partial charge is 0.291 e. The first kappa shape index (κ1) is 16.2. The molecule has 2 aromatic rings. The number of aromatic nitrogens is 2. The average Bonchev–Trinajstić information content (AvgIpc) is 2.98. The molecule has 0 fully saturated rings. The second kappa shape index (κ2) is 7.70. The van der Waals surface area contributed by atoms with E-state index in [4.69, 9.17) is 0 Å². The fraction of sp³-hybridized carbons (Fsp3) is 0.188. The van der Waals surface area contributed by atoms with Crippen LogP contribution in [0, 0.1) is 0 Å². The standard InChI is InChI=1S/C16H17BrN4O/c1-11(2)14-9-15(20-19-14)16(22)21-18-10-13(17)8-12-6-4-3-5-7-12/h3-11H,1-2H3,(H,19,20)(H,21,22). The van der Waals surface area contributed by atoms with Crippen LogP contribution in [0.15, 0.2) is 46.0 Å². The van der Waals surface area contributed by atoms with Crippen molar-refractivity contribution in [3.05, 3.63) is 57.8 Å². The lowest BCUT2D eigenvalue weighted by Crippen LogP contribution is -2.17. The van der Waals surface area contributed by atoms with Crippen LogP contribution in [-0.4, -0.2) is 22.3 Å². The third kappa shape index (κ3) is 4.66. The molecular formula is C16H17BrN4O. The summed E-state index contributed by atoms with van der Waals surface area (Å²) < 4.78 is 0.754. The van der Waals surface area contributed by atoms with Crippen molar-refractivity contribution in [3.63, 3.8) is 0 Å². The van der Waals surface area contributed by atoms with Crippen LogP contribution < -0.4 is 5.43 Å². The Labute approximate surface area is 137 Å². The summed E-state index contributed by atoms with van der Waals surface area (Å²) in [6.45, 7) is 4.05. The zero-order chi connectivity index (χ0) is 15.9. The molecule has 1 heterocycles. The topological polar surface area (TPSA) is 70.1 Å². The summed E-state index contributed by atoms with van der Waals surface area (Å²) in [5, 5.41) is 10.7. The molecular weight excluding hydrogens is 344 g/mol. The minimum absolute atomic E-state index is 0.292. The van der Waals surface area contributed by atoms with E-state index in [2.05, 4.69) is 36.7 Å². The highest BCUT2D eigenvalue weighted by atomic mass is 79.9. The summed E-state index contributed by atoms with van der Waals surface area (Å²) in [5.41, 5.74) is 4.73. The molecule has 0 aliphatic rings. The lowest BCUT2D eigenvalue weighted by Gasteiger charge is -1.97. The van der Waals surface area contributed by atoms with E-state index in [0.29, 0.717) is 11.6 Å². The summed E-state index contributed by atoms with van der Waals surface area (Å²) in [7, 11) is 0. The van der Waals surface area contributed by atoms with Gasteiger partial charge in [0.05, 0.1) is 6.21 Å². The highest BCUT2D eigenvalue weighted by Gasteiger charge is 2.10. The van der Waals surface area contributed by atoms with Crippen molar-refractivity contribution in [2.75, 3.05) is 0 Å². The fourth-order valence-corrected chi connectivity index (χ4v) is 2.07. The van der Waals surface area contributed by atoms with Crippen LogP contribution in [0.5, 0.6) is 0 Å². The number of hydrogen-bond acceptors (Lipinski definition) is 3. The number of hydrazone groups is 1. The molecule has 1 aromatic carbocycles. The van der Waals surface area contributed by atoms with Crippen LogP contribution in [0.1, 0.15) is 41.5 Å². The van der Waals surface area contributed by atoms with Crippen LogP contribution in [0.25, 0.3) is 6.08 Å². The smallest absolute Gasteiger partial charge is 0.282 e. The first-order valence-electron chi connectivity index (χ1n) is 6.87. The number of carbonyl (C=O) groups is 1. The van der Waals surface area contributed by atoms with Gasteiger partial charge in [-0.3, -0.25) is 9.89 Å². The maximum Gasteiger partial charge on any atom is 0.291 e. The number of halogens is 1. The van der Waals surface area contributed by atoms with Crippen molar-refractivity contribution in [1.82, 2.24) is 15.6 Å². The van der Waals surface area contributed by atoms with Crippen molar-refractivity contribution in [1.29, 1.82) is 0 Å². The number of rotatable bonds is 5. The van der Waals surface area contributed by atoms with E-state index in [0.717, 1.165) is 15.7 Å². The number of benzene rings is 1. The van der Waals surface area contributed by atoms with E-state index in [1.54, 1.807) is 6.07 Å². The van der Waals surface area contributed by atoms with Gasteiger partial charge in [0.25, 0.3) is 5.91 Å². The van der Waals surface area contributed by atoms with Crippen molar-refractivity contribution < 1.29 is 4.79 Å². The van der Waals surface area contributed by atoms with Crippen molar-refractivity contribution in [3.8, 4) is 0 Å². The van der Waals surface area contributed by atoms with Crippen LogP contribution in [0.4, 0.5) is 0 Å². The molecule has 0 radical (unpaired) electrons. The Morgan fingerprint density at radius 1 is 1.36 bits per heavy atom. The van der Waals surface area contributed by atoms with Gasteiger partial charge in [0.2, 0.25) is 0 Å². The maximum atomic E-state index is 11.9. The van der Waals surface area contributed by atoms with E-state index < -0.39 is 0 Å². The molecule has 0 atom stereocenters. The Balaban J connectivity index is 1.93. The number of hydrogen-bond donors (Lipinski definition) is 2. The molecule has 0 bridgehead atoms. The number of carbonyl (C=O) groups excluding carboxylic acids is 1. The van der Waals surface area contributed by atoms with Gasteiger partial charge in [-0.1, -0.05) is 44.2 Å². The number of aromatic amines is 1. The molecule has 22 heavy (non-hydrogen) atoms. The van der Waals surface area contributed by atoms with Crippen LogP contribution >= 0.6 is 15.9 Å². The maximum absolute atomic E-state index is 11.9. The molecule has 0 aliphatic heterocycles. The van der Waals surface area contributed by atoms with E-state index in [9.17, 15) is 4.79 Å². The third-order valence-corrected chi connectivity index (χ3v) is 3.34. The molecule has 1 amide bonds. The second-order valence-corrected chi connectivity index (χ2v) is 5.92. The van der Waals surface area contributed by atoms with Gasteiger partial charge in [-0.15, -0.1) is 0 Å². The predicted molar refractivity (Wildman–Crippen MR) is 92.0 cm³/mol. The molecule has 0 saturated carbocycles. The highest BCUT2D eigenvalue weighted by Crippen LogP contribution is 2.12. The molecule has 0 spiro atoms. The molecule has 1 aromatic heterocycles. The zero-order valence-corrected chi connectivity index (χ0v) is 14.0. The van der Waals surface area contributed by atoms with Gasteiger partial charge in [-0.2, -0.15) is 10.2 Å². The van der Waals surface area contributed by atoms with Gasteiger partial charge in [0.15, 0.2) is 5.69 Å². The van der Waals surface area contributed by atoms with Gasteiger partial charge < -0.3 is 0 Å². The Hall–Kier alpha value is -2.21. The predicted octanol–water partition coefficient (Wildman–Crippen LogP) is 3.68. The van der Waals surface area contributed by atoms with Crippen LogP contribution in [-0.2, 0) is 0 Å². The third-order valence-electron chi connectivity index (χ3n) is 2.91. The molecule has 2 rings (SSSR count). The molecule has 5 nitrogen and oxygen atoms in total. The molecule has 6 heteroatoms. The Bertz CT molecular complexity index is 689. The van der Waals surface area contributed by atoms with E-state index >= 15 is 0 Å². The van der Waals surface area contributed by atoms with Crippen LogP contribution in [0.3, 0.4) is 0 Å². The summed E-state index contributed by atoms with van der Waals surface area (Å²) in [6, 6.07) is 11.5. The normalized spacial score (nSPS) is 12.1. The number of nitrogens with zero attached hydrogens (tertiary/aromatic N) is 2. The molecule has 114 valence electrons. The monoisotopic (exact) mass is 360 g/mol. The summed E-state index contributed by atoms with van der Waals surface area (Å²) in [5.74, 6) is -0.0556. The number of H-pyrrole nitrogens is 1. The summed E-state index contributed by atoms with van der Waals surface area (Å²) >= 11 is 3.38. The van der Waals surface area contributed by atoms with Crippen molar-refractivity contribution >= 4 is 34.1 Å². The van der Waals surface area contributed by atoms with E-state index in [1.807, 2.05) is 50.3 Å². The molecule has 0 aliphatic carbocycles. The average molecular weight is 361 g/mol. The number of nitrogens with one attached hydrogen (secondary N) is 2. The fourth-order valence-electron chi connectivity index (χ4n) is 1.70. The molecule has 0 unspecified atom stereocenters. The minimum Gasteiger partial charge on any atom is -0.282 e. The number of allylic oxidation sites excluding steroid dienone is 1. The van der Waals surface area contributed by atoms with Crippen molar-refractivity contribution in [2.45, 2.75) is 19.8 Å². The van der Waals surface area contributed by atoms with E-state index in [1.165, 1.54) is 6.21 Å². The van der Waals surface area contributed by atoms with Gasteiger partial charge in [-0.05, 0) is 39.6 Å². The lowest BCUT2D eigenvalue weighted by atomic mass is 10.1. The second-order valence-electron chi connectivity index (χ2n) is 5.00. The zero-order valence-electron chi connectivity index (χ0n) is 12.4. The van der Waals surface area contributed by atoms with Gasteiger partial charge in [0.1, 0.15) is 0 Å². The van der Waals surface area contributed by atoms with Gasteiger partial charge in [0, 0.05) is 10.2 Å². The quantitative estimate of drug-likeness (QED) is 0.630. The Morgan fingerprint density at radius 2 is 2.09 bits per heavy atom. The Kier molecular flexibility index (Phi) is 5.66. The minimum atomic E-state index is -0.348. The molecule has 0 saturated heterocycles. The number of amides is 1. The first-order chi connectivity index (χ1) is 10.6. The summed E-state index contributed by atoms with van der Waals surface area (Å²) in [6.07, 6.45) is 3.43. The summed E-state index contributed by atoms with van der Waals surface area (Å²) in [4.78, 5) is 11.9. The van der Waals surface area contributed by atoms with E-state index in [-0.39, 0.29) is 5.91 Å². The van der Waals surface area contributed by atoms with Gasteiger partial charge >= 0.3 is 0 Å². The van der Waals surface area contributed by atoms with Crippen LogP contribution in [0.2, 0.25) is 0 Å². The van der Waals surface area contributed by atoms with Gasteiger partial charge in [-0.25, -0.2) is 5.43 Å².